The normalized spacial score (nSPS) is 17.0. The second-order valence-electron chi connectivity index (χ2n) is 5.67. The lowest BCUT2D eigenvalue weighted by Crippen LogP contribution is -2.46. The van der Waals surface area contributed by atoms with Crippen LogP contribution in [0, 0.1) is 0 Å². The van der Waals surface area contributed by atoms with Crippen LogP contribution < -0.4 is 14.8 Å². The maximum Gasteiger partial charge on any atom is 0.321 e. The average molecular weight is 363 g/mol. The quantitative estimate of drug-likeness (QED) is 0.903. The Hall–Kier alpha value is -2.54. The molecule has 0 aliphatic carbocycles. The number of carbonyl (C=O) groups excluding carboxylic acids is 1. The number of nitrogens with one attached hydrogen (secondary N) is 1. The zero-order chi connectivity index (χ0) is 17.6. The zero-order valence-corrected chi connectivity index (χ0v) is 14.6. The lowest BCUT2D eigenvalue weighted by molar-refractivity contribution is 0.0983. The minimum absolute atomic E-state index is 0.142. The van der Waals surface area contributed by atoms with Crippen LogP contribution in [-0.4, -0.2) is 47.2 Å². The van der Waals surface area contributed by atoms with Gasteiger partial charge in [0.05, 0.1) is 31.1 Å². The van der Waals surface area contributed by atoms with E-state index in [0.29, 0.717) is 18.1 Å². The molecule has 1 saturated heterocycles. The van der Waals surface area contributed by atoms with E-state index < -0.39 is 0 Å². The van der Waals surface area contributed by atoms with Crippen LogP contribution >= 0.6 is 11.6 Å². The van der Waals surface area contributed by atoms with E-state index in [9.17, 15) is 4.79 Å². The highest BCUT2D eigenvalue weighted by Crippen LogP contribution is 2.19. The van der Waals surface area contributed by atoms with E-state index in [1.54, 1.807) is 36.3 Å². The fraction of sp³-hybridized carbons (Fsp3) is 0.353. The van der Waals surface area contributed by atoms with Crippen molar-refractivity contribution in [3.8, 4) is 11.8 Å². The summed E-state index contributed by atoms with van der Waals surface area (Å²) in [6, 6.07) is 7.32. The summed E-state index contributed by atoms with van der Waals surface area (Å²) in [4.78, 5) is 22.2. The molecule has 1 unspecified atom stereocenters. The second kappa shape index (κ2) is 8.02. The molecule has 1 aliphatic heterocycles. The SMILES string of the molecule is COc1ccc(NC(=O)N2CCCC(Oc3ncc(Cl)cn3)C2)cc1. The van der Waals surface area contributed by atoms with Gasteiger partial charge in [-0.3, -0.25) is 0 Å². The zero-order valence-electron chi connectivity index (χ0n) is 13.8. The number of urea groups is 1. The first-order chi connectivity index (χ1) is 12.1. The molecule has 2 heterocycles. The monoisotopic (exact) mass is 362 g/mol. The maximum absolute atomic E-state index is 12.4. The number of hydrogen-bond donors (Lipinski definition) is 1. The van der Waals surface area contributed by atoms with Crippen LogP contribution in [0.4, 0.5) is 10.5 Å². The molecule has 2 amide bonds. The van der Waals surface area contributed by atoms with E-state index in [4.69, 9.17) is 21.1 Å². The summed E-state index contributed by atoms with van der Waals surface area (Å²) < 4.78 is 10.9. The Kier molecular flexibility index (Phi) is 5.55. The first kappa shape index (κ1) is 17.3. The molecule has 8 heteroatoms. The molecular weight excluding hydrogens is 344 g/mol. The van der Waals surface area contributed by atoms with E-state index in [2.05, 4.69) is 15.3 Å². The van der Waals surface area contributed by atoms with Gasteiger partial charge in [-0.15, -0.1) is 0 Å². The predicted molar refractivity (Wildman–Crippen MR) is 94.3 cm³/mol. The van der Waals surface area contributed by atoms with Gasteiger partial charge in [-0.25, -0.2) is 14.8 Å². The second-order valence-corrected chi connectivity index (χ2v) is 6.11. The van der Waals surface area contributed by atoms with Gasteiger partial charge in [0.2, 0.25) is 0 Å². The summed E-state index contributed by atoms with van der Waals surface area (Å²) in [5.41, 5.74) is 0.717. The van der Waals surface area contributed by atoms with Crippen LogP contribution in [0.1, 0.15) is 12.8 Å². The molecule has 1 fully saturated rings. The van der Waals surface area contributed by atoms with Crippen molar-refractivity contribution in [3.63, 3.8) is 0 Å². The number of halogens is 1. The number of rotatable bonds is 4. The molecule has 25 heavy (non-hydrogen) atoms. The Bertz CT molecular complexity index is 709. The number of ether oxygens (including phenoxy) is 2. The molecule has 0 bridgehead atoms. The highest BCUT2D eigenvalue weighted by atomic mass is 35.5. The maximum atomic E-state index is 12.4. The van der Waals surface area contributed by atoms with Gasteiger partial charge in [-0.05, 0) is 37.1 Å². The van der Waals surface area contributed by atoms with E-state index >= 15 is 0 Å². The molecule has 3 rings (SSSR count). The number of aromatic nitrogens is 2. The number of methoxy groups -OCH3 is 1. The van der Waals surface area contributed by atoms with Gasteiger partial charge in [-0.1, -0.05) is 11.6 Å². The standard InChI is InChI=1S/C17H19ClN4O3/c1-24-14-6-4-13(5-7-14)21-17(23)22-8-2-3-15(11-22)25-16-19-9-12(18)10-20-16/h4-7,9-10,15H,2-3,8,11H2,1H3,(H,21,23). The van der Waals surface area contributed by atoms with Crippen molar-refractivity contribution < 1.29 is 14.3 Å². The van der Waals surface area contributed by atoms with Gasteiger partial charge in [0.1, 0.15) is 11.9 Å². The summed E-state index contributed by atoms with van der Waals surface area (Å²) in [6.45, 7) is 1.16. The van der Waals surface area contributed by atoms with Gasteiger partial charge >= 0.3 is 12.0 Å². The van der Waals surface area contributed by atoms with Crippen LogP contribution in [0.15, 0.2) is 36.7 Å². The van der Waals surface area contributed by atoms with Crippen molar-refractivity contribution in [1.29, 1.82) is 0 Å². The van der Waals surface area contributed by atoms with Crippen molar-refractivity contribution in [2.45, 2.75) is 18.9 Å². The summed E-state index contributed by atoms with van der Waals surface area (Å²) in [5.74, 6) is 0.743. The third-order valence-electron chi connectivity index (χ3n) is 3.88. The van der Waals surface area contributed by atoms with Gasteiger partial charge in [0.15, 0.2) is 0 Å². The number of benzene rings is 1. The van der Waals surface area contributed by atoms with Crippen molar-refractivity contribution in [1.82, 2.24) is 14.9 Å². The molecule has 0 saturated carbocycles. The smallest absolute Gasteiger partial charge is 0.321 e. The molecule has 0 radical (unpaired) electrons. The van der Waals surface area contributed by atoms with E-state index in [-0.39, 0.29) is 18.1 Å². The molecular formula is C17H19ClN4O3. The number of nitrogens with zero attached hydrogens (tertiary/aromatic N) is 3. The Morgan fingerprint density at radius 2 is 2.00 bits per heavy atom. The minimum Gasteiger partial charge on any atom is -0.497 e. The van der Waals surface area contributed by atoms with Gasteiger partial charge in [0, 0.05) is 12.2 Å². The van der Waals surface area contributed by atoms with Crippen LogP contribution in [0.5, 0.6) is 11.8 Å². The summed E-state index contributed by atoms with van der Waals surface area (Å²) >= 11 is 5.77. The molecule has 0 spiro atoms. The summed E-state index contributed by atoms with van der Waals surface area (Å²) in [6.07, 6.45) is 4.53. The van der Waals surface area contributed by atoms with Crippen LogP contribution in [0.25, 0.3) is 0 Å². The van der Waals surface area contributed by atoms with Crippen molar-refractivity contribution in [2.75, 3.05) is 25.5 Å². The predicted octanol–water partition coefficient (Wildman–Crippen LogP) is 3.21. The first-order valence-corrected chi connectivity index (χ1v) is 8.36. The molecule has 1 aromatic heterocycles. The molecule has 2 aromatic rings. The highest BCUT2D eigenvalue weighted by Gasteiger charge is 2.25. The number of piperidine rings is 1. The Balaban J connectivity index is 1.56. The van der Waals surface area contributed by atoms with Gasteiger partial charge < -0.3 is 19.7 Å². The molecule has 1 N–H and O–H groups in total. The number of amides is 2. The number of hydrogen-bond acceptors (Lipinski definition) is 5. The molecule has 132 valence electrons. The molecule has 1 aromatic carbocycles. The summed E-state index contributed by atoms with van der Waals surface area (Å²) in [5, 5.41) is 3.34. The first-order valence-electron chi connectivity index (χ1n) is 7.98. The van der Waals surface area contributed by atoms with Crippen molar-refractivity contribution in [3.05, 3.63) is 41.7 Å². The van der Waals surface area contributed by atoms with E-state index in [1.165, 1.54) is 12.4 Å². The molecule has 1 atom stereocenters. The Morgan fingerprint density at radius 1 is 1.28 bits per heavy atom. The molecule has 1 aliphatic rings. The third kappa shape index (κ3) is 4.73. The van der Waals surface area contributed by atoms with Crippen molar-refractivity contribution >= 4 is 23.3 Å². The minimum atomic E-state index is -0.157. The van der Waals surface area contributed by atoms with Crippen molar-refractivity contribution in [2.24, 2.45) is 0 Å². The van der Waals surface area contributed by atoms with E-state index in [1.807, 2.05) is 0 Å². The third-order valence-corrected chi connectivity index (χ3v) is 4.07. The average Bonchev–Trinajstić information content (AvgIpc) is 2.64. The van der Waals surface area contributed by atoms with Crippen LogP contribution in [0.2, 0.25) is 5.02 Å². The number of likely N-dealkylation sites (tertiary alicyclic amines) is 1. The fourth-order valence-electron chi connectivity index (χ4n) is 2.61. The Labute approximate surface area is 150 Å². The topological polar surface area (TPSA) is 76.6 Å². The lowest BCUT2D eigenvalue weighted by Gasteiger charge is -2.32. The van der Waals surface area contributed by atoms with E-state index in [0.717, 1.165) is 24.3 Å². The van der Waals surface area contributed by atoms with Crippen LogP contribution in [0.3, 0.4) is 0 Å². The summed E-state index contributed by atoms with van der Waals surface area (Å²) in [7, 11) is 1.60. The largest absolute Gasteiger partial charge is 0.497 e. The van der Waals surface area contributed by atoms with Gasteiger partial charge in [0.25, 0.3) is 0 Å². The Morgan fingerprint density at radius 3 is 2.68 bits per heavy atom. The number of carbonyl (C=O) groups is 1. The number of anilines is 1. The molecule has 7 nitrogen and oxygen atoms in total. The lowest BCUT2D eigenvalue weighted by atomic mass is 10.1. The highest BCUT2D eigenvalue weighted by molar-refractivity contribution is 6.30. The van der Waals surface area contributed by atoms with Crippen LogP contribution in [-0.2, 0) is 0 Å². The fourth-order valence-corrected chi connectivity index (χ4v) is 2.70. The van der Waals surface area contributed by atoms with Gasteiger partial charge in [-0.2, -0.15) is 0 Å².